The fourth-order valence-corrected chi connectivity index (χ4v) is 3.98. The molecule has 0 saturated carbocycles. The molecule has 98 valence electrons. The van der Waals surface area contributed by atoms with Gasteiger partial charge in [0.1, 0.15) is 0 Å². The van der Waals surface area contributed by atoms with Gasteiger partial charge in [0.2, 0.25) is 0 Å². The molecule has 0 aromatic heterocycles. The normalized spacial score (nSPS) is 34.4. The van der Waals surface area contributed by atoms with E-state index < -0.39 is 26.6 Å². The predicted molar refractivity (Wildman–Crippen MR) is 62.6 cm³/mol. The minimum absolute atomic E-state index is 0.134. The third kappa shape index (κ3) is 3.02. The van der Waals surface area contributed by atoms with Crippen LogP contribution in [-0.4, -0.2) is 40.2 Å². The maximum absolute atomic E-state index is 11.3. The molecule has 3 N–H and O–H groups in total. The Kier molecular flexibility index (Phi) is 4.19. The molecule has 0 aliphatic carbocycles. The van der Waals surface area contributed by atoms with Crippen LogP contribution in [0.4, 0.5) is 0 Å². The van der Waals surface area contributed by atoms with Crippen molar-refractivity contribution in [2.75, 3.05) is 19.9 Å². The van der Waals surface area contributed by atoms with Gasteiger partial charge in [-0.15, -0.1) is 0 Å². The summed E-state index contributed by atoms with van der Waals surface area (Å²) in [6.45, 7) is 5.10. The topological polar surface area (TPSA) is 96.2 Å². The molecule has 0 aromatic carbocycles. The molecule has 6 nitrogen and oxygen atoms in total. The van der Waals surface area contributed by atoms with Gasteiger partial charge < -0.3 is 0 Å². The van der Waals surface area contributed by atoms with Crippen molar-refractivity contribution >= 4 is 15.5 Å². The van der Waals surface area contributed by atoms with Crippen LogP contribution in [0.5, 0.6) is 0 Å². The Balaban J connectivity index is 2.85. The van der Waals surface area contributed by atoms with Gasteiger partial charge in [-0.05, 0) is 0 Å². The van der Waals surface area contributed by atoms with Crippen molar-refractivity contribution in [3.63, 3.8) is 0 Å². The Morgan fingerprint density at radius 3 is 2.19 bits per heavy atom. The van der Waals surface area contributed by atoms with E-state index in [-0.39, 0.29) is 13.2 Å². The van der Waals surface area contributed by atoms with Crippen LogP contribution < -0.4 is 0 Å². The van der Waals surface area contributed by atoms with Gasteiger partial charge in [0.05, 0.1) is 0 Å². The molecule has 16 heavy (non-hydrogen) atoms. The van der Waals surface area contributed by atoms with E-state index in [0.717, 1.165) is 0 Å². The summed E-state index contributed by atoms with van der Waals surface area (Å²) in [6.07, 6.45) is 0.532. The Morgan fingerprint density at radius 2 is 1.88 bits per heavy atom. The summed E-state index contributed by atoms with van der Waals surface area (Å²) in [6, 6.07) is 0. The molecule has 1 unspecified atom stereocenters. The van der Waals surface area contributed by atoms with Crippen molar-refractivity contribution in [2.24, 2.45) is 5.41 Å². The van der Waals surface area contributed by atoms with Gasteiger partial charge in [-0.2, -0.15) is 0 Å². The van der Waals surface area contributed by atoms with E-state index in [1.165, 1.54) is 13.6 Å². The molecular weight excluding hydrogens is 254 g/mol. The van der Waals surface area contributed by atoms with Gasteiger partial charge in [0.25, 0.3) is 0 Å². The van der Waals surface area contributed by atoms with Gasteiger partial charge in [-0.1, -0.05) is 0 Å². The van der Waals surface area contributed by atoms with Crippen LogP contribution in [0.15, 0.2) is 0 Å². The zero-order valence-corrected chi connectivity index (χ0v) is 11.6. The second-order valence-corrected chi connectivity index (χ2v) is 8.78. The van der Waals surface area contributed by atoms with E-state index in [2.05, 4.69) is 0 Å². The molecule has 1 heterocycles. The Morgan fingerprint density at radius 1 is 1.44 bits per heavy atom. The summed E-state index contributed by atoms with van der Waals surface area (Å²) in [7, 11) is -7.23. The van der Waals surface area contributed by atoms with Gasteiger partial charge in [-0.3, -0.25) is 0 Å². The predicted octanol–water partition coefficient (Wildman–Crippen LogP) is 1.11. The first kappa shape index (κ1) is 14.5. The quantitative estimate of drug-likeness (QED) is 0.667. The van der Waals surface area contributed by atoms with Gasteiger partial charge >= 0.3 is 95.1 Å². The zero-order chi connectivity index (χ0) is 12.6. The van der Waals surface area contributed by atoms with Crippen LogP contribution in [0.1, 0.15) is 20.3 Å². The summed E-state index contributed by atoms with van der Waals surface area (Å²) < 4.78 is 21.7. The van der Waals surface area contributed by atoms with Crippen molar-refractivity contribution < 1.29 is 28.3 Å². The van der Waals surface area contributed by atoms with Gasteiger partial charge in [0.15, 0.2) is 0 Å². The van der Waals surface area contributed by atoms with E-state index in [0.29, 0.717) is 6.42 Å². The molecular formula is C8H20O6P2. The maximum atomic E-state index is 11.3. The van der Waals surface area contributed by atoms with Gasteiger partial charge in [0, 0.05) is 0 Å². The first-order chi connectivity index (χ1) is 7.13. The molecule has 1 saturated heterocycles. The molecule has 1 fully saturated rings. The number of rotatable bonds is 3. The van der Waals surface area contributed by atoms with E-state index in [1.807, 2.05) is 6.92 Å². The van der Waals surface area contributed by atoms with Crippen molar-refractivity contribution in [3.8, 4) is 0 Å². The summed E-state index contributed by atoms with van der Waals surface area (Å²) in [5, 5.41) is 0. The molecule has 1 aliphatic heterocycles. The second kappa shape index (κ2) is 4.62. The second-order valence-electron chi connectivity index (χ2n) is 4.46. The van der Waals surface area contributed by atoms with Gasteiger partial charge in [-0.25, -0.2) is 0 Å². The van der Waals surface area contributed by atoms with Crippen LogP contribution in [0.2, 0.25) is 0 Å². The summed E-state index contributed by atoms with van der Waals surface area (Å²) in [5.41, 5.74) is -1.55. The fourth-order valence-electron chi connectivity index (χ4n) is 1.74. The van der Waals surface area contributed by atoms with Crippen LogP contribution >= 0.6 is 15.5 Å². The molecule has 1 atom stereocenters. The SMILES string of the molecule is CCC1(C(C)P(=O)(O)O)CO[PH](C)(O)OC1. The average molecular weight is 274 g/mol. The Hall–Kier alpha value is 0.460. The van der Waals surface area contributed by atoms with Crippen LogP contribution in [0, 0.1) is 5.41 Å². The van der Waals surface area contributed by atoms with Crippen molar-refractivity contribution in [2.45, 2.75) is 25.9 Å². The fraction of sp³-hybridized carbons (Fsp3) is 1.00. The molecule has 0 aromatic rings. The molecule has 1 aliphatic rings. The molecule has 0 spiro atoms. The molecule has 8 heteroatoms. The number of hydrogen-bond acceptors (Lipinski definition) is 4. The van der Waals surface area contributed by atoms with Crippen molar-refractivity contribution in [1.82, 2.24) is 0 Å². The van der Waals surface area contributed by atoms with Crippen LogP contribution in [0.3, 0.4) is 0 Å². The molecule has 0 amide bonds. The third-order valence-electron chi connectivity index (χ3n) is 3.35. The van der Waals surface area contributed by atoms with E-state index in [9.17, 15) is 19.2 Å². The third-order valence-corrected chi connectivity index (χ3v) is 6.27. The van der Waals surface area contributed by atoms with Crippen LogP contribution in [-0.2, 0) is 13.6 Å². The Labute approximate surface area is 95.7 Å². The zero-order valence-electron chi connectivity index (χ0n) is 9.71. The standard InChI is InChI=1S/C8H20O6P2/c1-4-8(7(2)16(10,11)12)5-13-15(3,9)14-6-8/h7,9,15H,4-6H2,1-3H3,(H2,10,11,12). The minimum atomic E-state index is -4.18. The molecule has 0 radical (unpaired) electrons. The number of hydrogen-bond donors (Lipinski definition) is 3. The first-order valence-electron chi connectivity index (χ1n) is 5.18. The summed E-state index contributed by atoms with van der Waals surface area (Å²) in [5.74, 6) is 0. The van der Waals surface area contributed by atoms with E-state index in [4.69, 9.17) is 9.05 Å². The molecule has 0 bridgehead atoms. The summed E-state index contributed by atoms with van der Waals surface area (Å²) in [4.78, 5) is 28.0. The monoisotopic (exact) mass is 274 g/mol. The van der Waals surface area contributed by atoms with Crippen molar-refractivity contribution in [3.05, 3.63) is 0 Å². The van der Waals surface area contributed by atoms with Crippen molar-refractivity contribution in [1.29, 1.82) is 0 Å². The molecule has 1 rings (SSSR count). The average Bonchev–Trinajstić information content (AvgIpc) is 2.17. The van der Waals surface area contributed by atoms with Crippen LogP contribution in [0.25, 0.3) is 0 Å². The van der Waals surface area contributed by atoms with E-state index >= 15 is 0 Å². The van der Waals surface area contributed by atoms with E-state index in [1.54, 1.807) is 0 Å². The summed E-state index contributed by atoms with van der Waals surface area (Å²) >= 11 is 0. The first-order valence-corrected chi connectivity index (χ1v) is 9.13. The Bertz CT molecular complexity index is 289.